The second-order valence-electron chi connectivity index (χ2n) is 3.02. The predicted octanol–water partition coefficient (Wildman–Crippen LogP) is 3.99. The van der Waals surface area contributed by atoms with Gasteiger partial charge in [0.25, 0.3) is 0 Å². The molecule has 0 aliphatic heterocycles. The average molecular weight is 304 g/mol. The van der Waals surface area contributed by atoms with Gasteiger partial charge < -0.3 is 0 Å². The van der Waals surface area contributed by atoms with Gasteiger partial charge in [-0.3, -0.25) is 4.98 Å². The summed E-state index contributed by atoms with van der Waals surface area (Å²) >= 11 is 11.0. The molecule has 2 aromatic rings. The SMILES string of the molecule is CCSc1nnc(SCc2ccncc2Cl)s1. The highest BCUT2D eigenvalue weighted by atomic mass is 35.5. The molecule has 17 heavy (non-hydrogen) atoms. The van der Waals surface area contributed by atoms with Crippen LogP contribution in [0.25, 0.3) is 0 Å². The van der Waals surface area contributed by atoms with Gasteiger partial charge in [-0.2, -0.15) is 0 Å². The quantitative estimate of drug-likeness (QED) is 0.781. The lowest BCUT2D eigenvalue weighted by atomic mass is 10.3. The number of hydrogen-bond donors (Lipinski definition) is 0. The number of aromatic nitrogens is 3. The van der Waals surface area contributed by atoms with Crippen LogP contribution in [0.5, 0.6) is 0 Å². The van der Waals surface area contributed by atoms with Crippen molar-refractivity contribution in [1.82, 2.24) is 15.2 Å². The summed E-state index contributed by atoms with van der Waals surface area (Å²) in [6.45, 7) is 2.11. The third kappa shape index (κ3) is 3.84. The maximum atomic E-state index is 6.03. The fourth-order valence-electron chi connectivity index (χ4n) is 1.10. The summed E-state index contributed by atoms with van der Waals surface area (Å²) in [6, 6.07) is 1.93. The highest BCUT2D eigenvalue weighted by molar-refractivity contribution is 8.02. The number of halogens is 1. The lowest BCUT2D eigenvalue weighted by molar-refractivity contribution is 0.954. The molecule has 2 rings (SSSR count). The molecule has 0 aliphatic rings. The van der Waals surface area contributed by atoms with Crippen molar-refractivity contribution in [3.8, 4) is 0 Å². The summed E-state index contributed by atoms with van der Waals surface area (Å²) in [7, 11) is 0. The highest BCUT2D eigenvalue weighted by Crippen LogP contribution is 2.31. The smallest absolute Gasteiger partial charge is 0.175 e. The second-order valence-corrected chi connectivity index (χ2v) is 7.14. The molecule has 2 heterocycles. The molecule has 90 valence electrons. The van der Waals surface area contributed by atoms with E-state index in [0.29, 0.717) is 5.02 Å². The summed E-state index contributed by atoms with van der Waals surface area (Å²) in [5.74, 6) is 1.82. The van der Waals surface area contributed by atoms with Gasteiger partial charge in [0, 0.05) is 18.1 Å². The Morgan fingerprint density at radius 2 is 2.06 bits per heavy atom. The lowest BCUT2D eigenvalue weighted by Gasteiger charge is -2.00. The van der Waals surface area contributed by atoms with E-state index in [1.165, 1.54) is 0 Å². The molecule has 0 unspecified atom stereocenters. The molecule has 0 aliphatic carbocycles. The van der Waals surface area contributed by atoms with Crippen molar-refractivity contribution >= 4 is 46.5 Å². The minimum Gasteiger partial charge on any atom is -0.263 e. The van der Waals surface area contributed by atoms with E-state index in [1.807, 2.05) is 6.07 Å². The molecule has 7 heteroatoms. The van der Waals surface area contributed by atoms with Crippen molar-refractivity contribution in [1.29, 1.82) is 0 Å². The van der Waals surface area contributed by atoms with Crippen molar-refractivity contribution in [2.24, 2.45) is 0 Å². The van der Waals surface area contributed by atoms with Gasteiger partial charge in [0.1, 0.15) is 0 Å². The fourth-order valence-corrected chi connectivity index (χ4v) is 4.28. The van der Waals surface area contributed by atoms with E-state index >= 15 is 0 Å². The first-order valence-corrected chi connectivity index (χ1v) is 8.13. The molecular weight excluding hydrogens is 294 g/mol. The molecule has 0 spiro atoms. The van der Waals surface area contributed by atoms with Gasteiger partial charge in [-0.05, 0) is 17.4 Å². The van der Waals surface area contributed by atoms with Crippen molar-refractivity contribution in [3.05, 3.63) is 29.0 Å². The molecule has 0 radical (unpaired) electrons. The number of thioether (sulfide) groups is 2. The summed E-state index contributed by atoms with van der Waals surface area (Å²) in [5.41, 5.74) is 1.08. The van der Waals surface area contributed by atoms with Crippen LogP contribution in [0.2, 0.25) is 5.02 Å². The van der Waals surface area contributed by atoms with Crippen molar-refractivity contribution in [3.63, 3.8) is 0 Å². The van der Waals surface area contributed by atoms with Gasteiger partial charge in [0.15, 0.2) is 8.68 Å². The van der Waals surface area contributed by atoms with Gasteiger partial charge in [-0.1, -0.05) is 53.4 Å². The third-order valence-corrected chi connectivity index (χ3v) is 5.32. The molecule has 0 bridgehead atoms. The van der Waals surface area contributed by atoms with Crippen molar-refractivity contribution < 1.29 is 0 Å². The number of hydrogen-bond acceptors (Lipinski definition) is 6. The lowest BCUT2D eigenvalue weighted by Crippen LogP contribution is -1.83. The van der Waals surface area contributed by atoms with E-state index in [1.54, 1.807) is 47.3 Å². The fraction of sp³-hybridized carbons (Fsp3) is 0.300. The van der Waals surface area contributed by atoms with Gasteiger partial charge in [-0.25, -0.2) is 0 Å². The molecule has 0 aromatic carbocycles. The zero-order valence-electron chi connectivity index (χ0n) is 9.09. The first kappa shape index (κ1) is 13.1. The number of pyridine rings is 1. The minimum absolute atomic E-state index is 0.702. The van der Waals surface area contributed by atoms with E-state index in [4.69, 9.17) is 11.6 Å². The van der Waals surface area contributed by atoms with Gasteiger partial charge in [0.2, 0.25) is 0 Å². The van der Waals surface area contributed by atoms with Gasteiger partial charge in [0.05, 0.1) is 5.02 Å². The van der Waals surface area contributed by atoms with Crippen LogP contribution in [-0.2, 0) is 5.75 Å². The Hall–Kier alpha value is -0.300. The van der Waals surface area contributed by atoms with Crippen molar-refractivity contribution in [2.75, 3.05) is 5.75 Å². The zero-order valence-corrected chi connectivity index (χ0v) is 12.3. The Kier molecular flexibility index (Phi) is 5.09. The van der Waals surface area contributed by atoms with Crippen LogP contribution in [-0.4, -0.2) is 20.9 Å². The Morgan fingerprint density at radius 3 is 2.76 bits per heavy atom. The normalized spacial score (nSPS) is 10.7. The molecular formula is C10H10ClN3S3. The molecule has 0 saturated carbocycles. The van der Waals surface area contributed by atoms with Gasteiger partial charge >= 0.3 is 0 Å². The number of rotatable bonds is 5. The van der Waals surface area contributed by atoms with Crippen LogP contribution in [0.1, 0.15) is 12.5 Å². The molecule has 3 nitrogen and oxygen atoms in total. The topological polar surface area (TPSA) is 38.7 Å². The standard InChI is InChI=1S/C10H10ClN3S3/c1-2-15-9-13-14-10(17-9)16-6-7-3-4-12-5-8(7)11/h3-5H,2,6H2,1H3. The summed E-state index contributed by atoms with van der Waals surface area (Å²) < 4.78 is 2.00. The van der Waals surface area contributed by atoms with Crippen LogP contribution in [0.3, 0.4) is 0 Å². The van der Waals surface area contributed by atoms with Gasteiger partial charge in [-0.15, -0.1) is 10.2 Å². The van der Waals surface area contributed by atoms with Crippen LogP contribution >= 0.6 is 46.5 Å². The van der Waals surface area contributed by atoms with Crippen LogP contribution in [0.15, 0.2) is 27.1 Å². The highest BCUT2D eigenvalue weighted by Gasteiger charge is 2.06. The Labute approximate surface area is 117 Å². The van der Waals surface area contributed by atoms with Crippen molar-refractivity contribution in [2.45, 2.75) is 21.4 Å². The minimum atomic E-state index is 0.702. The van der Waals surface area contributed by atoms with Crippen LogP contribution in [0, 0.1) is 0 Å². The molecule has 0 fully saturated rings. The van der Waals surface area contributed by atoms with E-state index in [0.717, 1.165) is 25.7 Å². The molecule has 0 saturated heterocycles. The monoisotopic (exact) mass is 303 g/mol. The first-order valence-electron chi connectivity index (χ1n) is 4.97. The third-order valence-electron chi connectivity index (χ3n) is 1.86. The Balaban J connectivity index is 1.95. The largest absolute Gasteiger partial charge is 0.263 e. The van der Waals surface area contributed by atoms with Crippen LogP contribution < -0.4 is 0 Å². The Morgan fingerprint density at radius 1 is 1.29 bits per heavy atom. The van der Waals surface area contributed by atoms with E-state index < -0.39 is 0 Å². The molecule has 2 aromatic heterocycles. The van der Waals surface area contributed by atoms with Crippen LogP contribution in [0.4, 0.5) is 0 Å². The maximum absolute atomic E-state index is 6.03. The zero-order chi connectivity index (χ0) is 12.1. The van der Waals surface area contributed by atoms with E-state index in [2.05, 4.69) is 22.1 Å². The maximum Gasteiger partial charge on any atom is 0.175 e. The summed E-state index contributed by atoms with van der Waals surface area (Å²) in [4.78, 5) is 3.96. The Bertz CT molecular complexity index is 489. The summed E-state index contributed by atoms with van der Waals surface area (Å²) in [6.07, 6.45) is 3.41. The average Bonchev–Trinajstić information content (AvgIpc) is 2.76. The van der Waals surface area contributed by atoms with E-state index in [-0.39, 0.29) is 0 Å². The number of nitrogens with zero attached hydrogens (tertiary/aromatic N) is 3. The first-order chi connectivity index (χ1) is 8.29. The second kappa shape index (κ2) is 6.58. The molecule has 0 atom stereocenters. The molecule has 0 N–H and O–H groups in total. The van der Waals surface area contributed by atoms with E-state index in [9.17, 15) is 0 Å². The molecule has 0 amide bonds. The summed E-state index contributed by atoms with van der Waals surface area (Å²) in [5, 5.41) is 8.94. The predicted molar refractivity (Wildman–Crippen MR) is 75.1 cm³/mol.